The van der Waals surface area contributed by atoms with E-state index in [1.54, 1.807) is 7.11 Å². The van der Waals surface area contributed by atoms with Gasteiger partial charge in [-0.3, -0.25) is 4.79 Å². The summed E-state index contributed by atoms with van der Waals surface area (Å²) in [6.07, 6.45) is 2.86. The molecule has 5 heteroatoms. The van der Waals surface area contributed by atoms with Gasteiger partial charge in [0.25, 0.3) is 5.91 Å². The van der Waals surface area contributed by atoms with Gasteiger partial charge >= 0.3 is 0 Å². The molecule has 1 fully saturated rings. The third-order valence-electron chi connectivity index (χ3n) is 4.87. The summed E-state index contributed by atoms with van der Waals surface area (Å²) in [6, 6.07) is 13.9. The maximum Gasteiger partial charge on any atom is 0.258 e. The van der Waals surface area contributed by atoms with Crippen LogP contribution in [0, 0.1) is 0 Å². The van der Waals surface area contributed by atoms with Gasteiger partial charge in [-0.25, -0.2) is 0 Å². The number of anilines is 1. The van der Waals surface area contributed by atoms with Gasteiger partial charge in [0, 0.05) is 11.7 Å². The molecule has 1 N–H and O–H groups in total. The topological polar surface area (TPSA) is 50.8 Å². The fourth-order valence-electron chi connectivity index (χ4n) is 3.43. The molecule has 1 atom stereocenters. The summed E-state index contributed by atoms with van der Waals surface area (Å²) >= 11 is 0. The van der Waals surface area contributed by atoms with E-state index in [4.69, 9.17) is 9.47 Å². The van der Waals surface area contributed by atoms with Crippen LogP contribution in [-0.4, -0.2) is 30.6 Å². The van der Waals surface area contributed by atoms with Crippen molar-refractivity contribution in [2.45, 2.75) is 38.4 Å². The summed E-state index contributed by atoms with van der Waals surface area (Å²) < 4.78 is 11.3. The number of para-hydroxylation sites is 1. The van der Waals surface area contributed by atoms with E-state index in [9.17, 15) is 4.79 Å². The molecule has 5 nitrogen and oxygen atoms in total. The Morgan fingerprint density at radius 2 is 1.96 bits per heavy atom. The van der Waals surface area contributed by atoms with Crippen LogP contribution >= 0.6 is 0 Å². The third-order valence-corrected chi connectivity index (χ3v) is 4.87. The minimum atomic E-state index is -0.195. The minimum Gasteiger partial charge on any atom is -0.493 e. The van der Waals surface area contributed by atoms with Crippen molar-refractivity contribution in [2.75, 3.05) is 19.0 Å². The van der Waals surface area contributed by atoms with E-state index in [0.717, 1.165) is 41.8 Å². The van der Waals surface area contributed by atoms with Crippen molar-refractivity contribution >= 4 is 11.6 Å². The predicted octanol–water partition coefficient (Wildman–Crippen LogP) is 4.21. The van der Waals surface area contributed by atoms with E-state index in [2.05, 4.69) is 12.2 Å². The Labute approximate surface area is 153 Å². The molecule has 4 rings (SSSR count). The lowest BCUT2D eigenvalue weighted by molar-refractivity contribution is 0.0666. The SMILES string of the molecule is CCCOc1ccc([C@@H]2Nc3ccccc3C(=O)N2C2CC2)cc1OC. The maximum atomic E-state index is 13.1. The number of ether oxygens (including phenoxy) is 2. The Bertz CT molecular complexity index is 817. The highest BCUT2D eigenvalue weighted by Crippen LogP contribution is 2.42. The van der Waals surface area contributed by atoms with Gasteiger partial charge in [-0.05, 0) is 49.1 Å². The van der Waals surface area contributed by atoms with Crippen molar-refractivity contribution in [3.05, 3.63) is 53.6 Å². The fraction of sp³-hybridized carbons (Fsp3) is 0.381. The molecule has 0 unspecified atom stereocenters. The summed E-state index contributed by atoms with van der Waals surface area (Å²) in [7, 11) is 1.64. The zero-order valence-electron chi connectivity index (χ0n) is 15.2. The zero-order valence-corrected chi connectivity index (χ0v) is 15.2. The van der Waals surface area contributed by atoms with Crippen LogP contribution in [0.25, 0.3) is 0 Å². The van der Waals surface area contributed by atoms with Gasteiger partial charge < -0.3 is 19.7 Å². The summed E-state index contributed by atoms with van der Waals surface area (Å²) in [5, 5.41) is 3.54. The molecule has 1 heterocycles. The number of amides is 1. The van der Waals surface area contributed by atoms with Gasteiger partial charge in [-0.2, -0.15) is 0 Å². The maximum absolute atomic E-state index is 13.1. The minimum absolute atomic E-state index is 0.0946. The molecule has 0 bridgehead atoms. The largest absolute Gasteiger partial charge is 0.493 e. The quantitative estimate of drug-likeness (QED) is 0.846. The Morgan fingerprint density at radius 1 is 1.15 bits per heavy atom. The second-order valence-electron chi connectivity index (χ2n) is 6.79. The van der Waals surface area contributed by atoms with Gasteiger partial charge in [0.1, 0.15) is 6.17 Å². The highest BCUT2D eigenvalue weighted by atomic mass is 16.5. The highest BCUT2D eigenvalue weighted by Gasteiger charge is 2.42. The average Bonchev–Trinajstić information content (AvgIpc) is 3.51. The number of hydrogen-bond donors (Lipinski definition) is 1. The first-order valence-corrected chi connectivity index (χ1v) is 9.22. The van der Waals surface area contributed by atoms with E-state index in [1.165, 1.54) is 0 Å². The number of benzene rings is 2. The summed E-state index contributed by atoms with van der Waals surface area (Å²) in [5.41, 5.74) is 2.62. The molecule has 2 aliphatic rings. The lowest BCUT2D eigenvalue weighted by Crippen LogP contribution is -2.44. The smallest absolute Gasteiger partial charge is 0.258 e. The zero-order chi connectivity index (χ0) is 18.1. The molecule has 26 heavy (non-hydrogen) atoms. The molecule has 2 aromatic rings. The van der Waals surface area contributed by atoms with Crippen molar-refractivity contribution in [1.29, 1.82) is 0 Å². The number of methoxy groups -OCH3 is 1. The number of nitrogens with one attached hydrogen (secondary N) is 1. The van der Waals surface area contributed by atoms with Gasteiger partial charge in [0.15, 0.2) is 11.5 Å². The van der Waals surface area contributed by atoms with Gasteiger partial charge in [-0.15, -0.1) is 0 Å². The first-order chi connectivity index (χ1) is 12.7. The number of hydrogen-bond acceptors (Lipinski definition) is 4. The van der Waals surface area contributed by atoms with Crippen molar-refractivity contribution in [1.82, 2.24) is 4.90 Å². The lowest BCUT2D eigenvalue weighted by atomic mass is 10.0. The Balaban J connectivity index is 1.70. The highest BCUT2D eigenvalue weighted by molar-refractivity contribution is 6.02. The number of carbonyl (C=O) groups excluding carboxylic acids is 1. The summed E-state index contributed by atoms with van der Waals surface area (Å²) in [4.78, 5) is 15.1. The van der Waals surface area contributed by atoms with Gasteiger partial charge in [0.05, 0.1) is 19.3 Å². The molecule has 1 saturated carbocycles. The third kappa shape index (κ3) is 2.98. The molecule has 2 aromatic carbocycles. The molecule has 1 amide bonds. The molecular weight excluding hydrogens is 328 g/mol. The molecule has 0 spiro atoms. The van der Waals surface area contributed by atoms with Crippen LogP contribution in [0.15, 0.2) is 42.5 Å². The Hall–Kier alpha value is -2.69. The second kappa shape index (κ2) is 6.90. The van der Waals surface area contributed by atoms with E-state index in [-0.39, 0.29) is 12.1 Å². The molecule has 0 saturated heterocycles. The van der Waals surface area contributed by atoms with Crippen molar-refractivity contribution in [2.24, 2.45) is 0 Å². The molecule has 136 valence electrons. The van der Waals surface area contributed by atoms with Crippen molar-refractivity contribution in [3.8, 4) is 11.5 Å². The molecular formula is C21H24N2O3. The number of carbonyl (C=O) groups is 1. The van der Waals surface area contributed by atoms with Crippen LogP contribution in [-0.2, 0) is 0 Å². The lowest BCUT2D eigenvalue weighted by Gasteiger charge is -2.38. The van der Waals surface area contributed by atoms with E-state index in [1.807, 2.05) is 47.4 Å². The average molecular weight is 352 g/mol. The second-order valence-corrected chi connectivity index (χ2v) is 6.79. The van der Waals surface area contributed by atoms with E-state index < -0.39 is 0 Å². The van der Waals surface area contributed by atoms with Gasteiger partial charge in [-0.1, -0.05) is 25.1 Å². The first-order valence-electron chi connectivity index (χ1n) is 9.22. The van der Waals surface area contributed by atoms with Crippen molar-refractivity contribution < 1.29 is 14.3 Å². The van der Waals surface area contributed by atoms with Crippen LogP contribution in [0.1, 0.15) is 48.3 Å². The van der Waals surface area contributed by atoms with Crippen LogP contribution in [0.5, 0.6) is 11.5 Å². The van der Waals surface area contributed by atoms with Gasteiger partial charge in [0.2, 0.25) is 0 Å². The molecule has 1 aliphatic heterocycles. The number of fused-ring (bicyclic) bond motifs is 1. The molecule has 0 radical (unpaired) electrons. The van der Waals surface area contributed by atoms with Crippen molar-refractivity contribution in [3.63, 3.8) is 0 Å². The molecule has 0 aromatic heterocycles. The number of rotatable bonds is 6. The van der Waals surface area contributed by atoms with E-state index >= 15 is 0 Å². The monoisotopic (exact) mass is 352 g/mol. The van der Waals surface area contributed by atoms with Crippen LogP contribution in [0.3, 0.4) is 0 Å². The normalized spacial score (nSPS) is 18.9. The standard InChI is InChI=1S/C21H24N2O3/c1-3-12-26-18-11-8-14(13-19(18)25-2)20-22-17-7-5-4-6-16(17)21(24)23(20)15-9-10-15/h4-8,11,13,15,20,22H,3,9-10,12H2,1-2H3/t20-/m1/s1. The Kier molecular flexibility index (Phi) is 4.45. The molecule has 1 aliphatic carbocycles. The van der Waals surface area contributed by atoms with Crippen LogP contribution in [0.4, 0.5) is 5.69 Å². The van der Waals surface area contributed by atoms with Crippen LogP contribution in [0.2, 0.25) is 0 Å². The Morgan fingerprint density at radius 3 is 2.69 bits per heavy atom. The number of nitrogens with zero attached hydrogens (tertiary/aromatic N) is 1. The van der Waals surface area contributed by atoms with Crippen LogP contribution < -0.4 is 14.8 Å². The first kappa shape index (κ1) is 16.8. The van der Waals surface area contributed by atoms with E-state index in [0.29, 0.717) is 18.4 Å². The predicted molar refractivity (Wildman–Crippen MR) is 101 cm³/mol. The summed E-state index contributed by atoms with van der Waals surface area (Å²) in [5.74, 6) is 1.52. The fourth-order valence-corrected chi connectivity index (χ4v) is 3.43. The summed E-state index contributed by atoms with van der Waals surface area (Å²) in [6.45, 7) is 2.72.